The molecular weight excluding hydrogens is 375 g/mol. The zero-order chi connectivity index (χ0) is 20.2. The van der Waals surface area contributed by atoms with Gasteiger partial charge in [-0.05, 0) is 49.4 Å². The molecule has 1 atom stereocenters. The Bertz CT molecular complexity index is 771. The normalized spacial score (nSPS) is 17.6. The molecule has 0 unspecified atom stereocenters. The molecule has 0 aliphatic carbocycles. The molecule has 2 rings (SSSR count). The van der Waals surface area contributed by atoms with Gasteiger partial charge in [-0.15, -0.1) is 0 Å². The lowest BCUT2D eigenvalue weighted by Crippen LogP contribution is -2.51. The summed E-state index contributed by atoms with van der Waals surface area (Å²) in [6.07, 6.45) is 0.841. The van der Waals surface area contributed by atoms with Crippen LogP contribution in [0.15, 0.2) is 29.2 Å². The van der Waals surface area contributed by atoms with Crippen LogP contribution in [-0.2, 0) is 19.6 Å². The van der Waals surface area contributed by atoms with Gasteiger partial charge in [-0.1, -0.05) is 13.8 Å². The van der Waals surface area contributed by atoms with Crippen LogP contribution in [0.25, 0.3) is 0 Å². The van der Waals surface area contributed by atoms with E-state index in [-0.39, 0.29) is 43.2 Å². The van der Waals surface area contributed by atoms with Crippen molar-refractivity contribution in [2.45, 2.75) is 44.0 Å². The number of aliphatic carboxylic acids is 1. The zero-order valence-corrected chi connectivity index (χ0v) is 16.2. The fourth-order valence-corrected chi connectivity index (χ4v) is 4.56. The monoisotopic (exact) mass is 399 g/mol. The van der Waals surface area contributed by atoms with Gasteiger partial charge in [-0.25, -0.2) is 12.8 Å². The molecule has 0 saturated carbocycles. The summed E-state index contributed by atoms with van der Waals surface area (Å²) >= 11 is 0. The average Bonchev–Trinajstić information content (AvgIpc) is 2.61. The first-order valence-electron chi connectivity index (χ1n) is 8.88. The summed E-state index contributed by atoms with van der Waals surface area (Å²) in [5.41, 5.74) is 0. The highest BCUT2D eigenvalue weighted by atomic mass is 32.2. The zero-order valence-electron chi connectivity index (χ0n) is 15.4. The molecule has 1 aromatic carbocycles. The molecule has 1 saturated heterocycles. The number of nitrogens with zero attached hydrogens (tertiary/aromatic N) is 1. The van der Waals surface area contributed by atoms with Crippen molar-refractivity contribution in [1.29, 1.82) is 0 Å². The number of rotatable bonds is 7. The van der Waals surface area contributed by atoms with Gasteiger partial charge in [-0.3, -0.25) is 4.79 Å². The molecule has 0 bridgehead atoms. The maximum atomic E-state index is 13.0. The van der Waals surface area contributed by atoms with E-state index in [1.807, 2.05) is 13.8 Å². The molecule has 1 aliphatic heterocycles. The lowest BCUT2D eigenvalue weighted by atomic mass is 9.96. The van der Waals surface area contributed by atoms with E-state index in [1.54, 1.807) is 0 Å². The SMILES string of the molecule is CC(C)C[C@H](NC(=O)C1CCN(S(=O)(=O)c2ccc(F)cc2)CC1)C(=O)[O-]. The number of carbonyl (C=O) groups is 2. The quantitative estimate of drug-likeness (QED) is 0.719. The lowest BCUT2D eigenvalue weighted by molar-refractivity contribution is -0.308. The summed E-state index contributed by atoms with van der Waals surface area (Å²) in [7, 11) is -3.75. The number of piperidine rings is 1. The second-order valence-electron chi connectivity index (χ2n) is 7.14. The number of sulfonamides is 1. The molecule has 7 nitrogen and oxygen atoms in total. The topological polar surface area (TPSA) is 107 Å². The Kier molecular flexibility index (Phi) is 6.94. The predicted octanol–water partition coefficient (Wildman–Crippen LogP) is 0.507. The molecule has 0 aromatic heterocycles. The van der Waals surface area contributed by atoms with E-state index in [2.05, 4.69) is 5.32 Å². The molecule has 27 heavy (non-hydrogen) atoms. The Morgan fingerprint density at radius 1 is 1.22 bits per heavy atom. The molecule has 1 amide bonds. The van der Waals surface area contributed by atoms with Crippen LogP contribution in [-0.4, -0.2) is 43.7 Å². The minimum Gasteiger partial charge on any atom is -0.548 e. The maximum Gasteiger partial charge on any atom is 0.243 e. The standard InChI is InChI=1S/C18H25FN2O5S/c1-12(2)11-16(18(23)24)20-17(22)13-7-9-21(10-8-13)27(25,26)15-5-3-14(19)4-6-15/h3-6,12-13,16H,7-11H2,1-2H3,(H,20,22)(H,23,24)/p-1/t16-/m0/s1. The number of nitrogens with one attached hydrogen (secondary N) is 1. The number of carboxylic acids is 1. The molecule has 1 N–H and O–H groups in total. The van der Waals surface area contributed by atoms with Crippen LogP contribution in [0.2, 0.25) is 0 Å². The minimum absolute atomic E-state index is 0.000695. The van der Waals surface area contributed by atoms with E-state index in [0.29, 0.717) is 0 Å². The van der Waals surface area contributed by atoms with Crippen LogP contribution >= 0.6 is 0 Å². The number of carboxylic acid groups (broad SMARTS) is 1. The molecule has 0 spiro atoms. The van der Waals surface area contributed by atoms with Gasteiger partial charge in [0.05, 0.1) is 16.9 Å². The van der Waals surface area contributed by atoms with Crippen molar-refractivity contribution < 1.29 is 27.5 Å². The third-order valence-electron chi connectivity index (χ3n) is 4.58. The first kappa shape index (κ1) is 21.3. The van der Waals surface area contributed by atoms with E-state index < -0.39 is 39.7 Å². The Hall–Kier alpha value is -2.00. The van der Waals surface area contributed by atoms with Crippen molar-refractivity contribution >= 4 is 21.9 Å². The molecule has 1 fully saturated rings. The molecule has 150 valence electrons. The van der Waals surface area contributed by atoms with Gasteiger partial charge in [0.15, 0.2) is 0 Å². The van der Waals surface area contributed by atoms with E-state index in [9.17, 15) is 27.5 Å². The summed E-state index contributed by atoms with van der Waals surface area (Å²) in [6, 6.07) is 3.53. The number of carbonyl (C=O) groups excluding carboxylic acids is 2. The molecule has 1 aromatic rings. The third-order valence-corrected chi connectivity index (χ3v) is 6.50. The van der Waals surface area contributed by atoms with E-state index in [0.717, 1.165) is 12.1 Å². The molecular formula is C18H24FN2O5S-. The van der Waals surface area contributed by atoms with Crippen molar-refractivity contribution in [3.05, 3.63) is 30.1 Å². The van der Waals surface area contributed by atoms with Crippen molar-refractivity contribution in [2.24, 2.45) is 11.8 Å². The lowest BCUT2D eigenvalue weighted by Gasteiger charge is -2.32. The Morgan fingerprint density at radius 2 is 1.78 bits per heavy atom. The fraction of sp³-hybridized carbons (Fsp3) is 0.556. The average molecular weight is 399 g/mol. The number of benzene rings is 1. The first-order chi connectivity index (χ1) is 12.6. The van der Waals surface area contributed by atoms with Gasteiger partial charge >= 0.3 is 0 Å². The highest BCUT2D eigenvalue weighted by Gasteiger charge is 2.32. The largest absolute Gasteiger partial charge is 0.548 e. The van der Waals surface area contributed by atoms with E-state index in [1.165, 1.54) is 16.4 Å². The van der Waals surface area contributed by atoms with Gasteiger partial charge < -0.3 is 15.2 Å². The van der Waals surface area contributed by atoms with Crippen LogP contribution < -0.4 is 10.4 Å². The summed E-state index contributed by atoms with van der Waals surface area (Å²) in [5.74, 6) is -2.63. The Balaban J connectivity index is 1.96. The van der Waals surface area contributed by atoms with Crippen LogP contribution in [0, 0.1) is 17.7 Å². The third kappa shape index (κ3) is 5.49. The minimum atomic E-state index is -3.75. The van der Waals surface area contributed by atoms with Crippen molar-refractivity contribution in [3.8, 4) is 0 Å². The van der Waals surface area contributed by atoms with Crippen molar-refractivity contribution in [1.82, 2.24) is 9.62 Å². The van der Waals surface area contributed by atoms with E-state index in [4.69, 9.17) is 0 Å². The molecule has 9 heteroatoms. The predicted molar refractivity (Wildman–Crippen MR) is 94.3 cm³/mol. The summed E-state index contributed by atoms with van der Waals surface area (Å²) in [5, 5.41) is 13.7. The van der Waals surface area contributed by atoms with Gasteiger partial charge in [0.2, 0.25) is 15.9 Å². The maximum absolute atomic E-state index is 13.0. The van der Waals surface area contributed by atoms with Crippen molar-refractivity contribution in [2.75, 3.05) is 13.1 Å². The number of halogens is 1. The number of amides is 1. The second-order valence-corrected chi connectivity index (χ2v) is 9.08. The number of hydrogen-bond donors (Lipinski definition) is 1. The summed E-state index contributed by atoms with van der Waals surface area (Å²) < 4.78 is 39.4. The molecule has 1 heterocycles. The second kappa shape index (κ2) is 8.79. The smallest absolute Gasteiger partial charge is 0.243 e. The van der Waals surface area contributed by atoms with Gasteiger partial charge in [0, 0.05) is 19.0 Å². The van der Waals surface area contributed by atoms with Gasteiger partial charge in [0.25, 0.3) is 0 Å². The van der Waals surface area contributed by atoms with E-state index >= 15 is 0 Å². The van der Waals surface area contributed by atoms with Crippen LogP contribution in [0.4, 0.5) is 4.39 Å². The van der Waals surface area contributed by atoms with Crippen LogP contribution in [0.5, 0.6) is 0 Å². The summed E-state index contributed by atoms with van der Waals surface area (Å²) in [4.78, 5) is 23.5. The Morgan fingerprint density at radius 3 is 2.26 bits per heavy atom. The first-order valence-corrected chi connectivity index (χ1v) is 10.3. The summed E-state index contributed by atoms with van der Waals surface area (Å²) in [6.45, 7) is 3.97. The van der Waals surface area contributed by atoms with Crippen molar-refractivity contribution in [3.63, 3.8) is 0 Å². The van der Waals surface area contributed by atoms with Crippen LogP contribution in [0.1, 0.15) is 33.1 Å². The molecule has 0 radical (unpaired) electrons. The van der Waals surface area contributed by atoms with Gasteiger partial charge in [0.1, 0.15) is 5.82 Å². The highest BCUT2D eigenvalue weighted by molar-refractivity contribution is 7.89. The molecule has 1 aliphatic rings. The number of hydrogen-bond acceptors (Lipinski definition) is 5. The fourth-order valence-electron chi connectivity index (χ4n) is 3.09. The Labute approximate surface area is 158 Å². The van der Waals surface area contributed by atoms with Crippen LogP contribution in [0.3, 0.4) is 0 Å². The van der Waals surface area contributed by atoms with Gasteiger partial charge in [-0.2, -0.15) is 4.31 Å². The highest BCUT2D eigenvalue weighted by Crippen LogP contribution is 2.24.